The van der Waals surface area contributed by atoms with Crippen molar-refractivity contribution >= 4 is 22.8 Å². The van der Waals surface area contributed by atoms with Crippen LogP contribution in [0, 0.1) is 12.8 Å². The summed E-state index contributed by atoms with van der Waals surface area (Å²) in [5.41, 5.74) is 8.85. The van der Waals surface area contributed by atoms with Gasteiger partial charge in [0.25, 0.3) is 0 Å². The Labute approximate surface area is 276 Å². The third kappa shape index (κ3) is 8.55. The molecule has 3 heterocycles. The van der Waals surface area contributed by atoms with Crippen LogP contribution in [-0.4, -0.2) is 68.6 Å². The van der Waals surface area contributed by atoms with Crippen molar-refractivity contribution in [2.45, 2.75) is 78.6 Å². The summed E-state index contributed by atoms with van der Waals surface area (Å²) in [6.45, 7) is 16.2. The molecule has 1 saturated heterocycles. The number of rotatable bonds is 10. The van der Waals surface area contributed by atoms with Crippen LogP contribution >= 0.6 is 0 Å². The molecule has 46 heavy (non-hydrogen) atoms. The lowest BCUT2D eigenvalue weighted by Gasteiger charge is -2.37. The van der Waals surface area contributed by atoms with E-state index < -0.39 is 0 Å². The number of para-hydroxylation sites is 2. The molecule has 2 fully saturated rings. The van der Waals surface area contributed by atoms with Crippen LogP contribution in [0.15, 0.2) is 71.9 Å². The van der Waals surface area contributed by atoms with E-state index in [9.17, 15) is 0 Å². The molecule has 0 amide bonds. The van der Waals surface area contributed by atoms with E-state index >= 15 is 0 Å². The Hall–Kier alpha value is -3.71. The van der Waals surface area contributed by atoms with Crippen LogP contribution in [0.5, 0.6) is 5.75 Å². The van der Waals surface area contributed by atoms with Crippen LogP contribution < -0.4 is 19.9 Å². The highest BCUT2D eigenvalue weighted by molar-refractivity contribution is 5.90. The first-order valence-corrected chi connectivity index (χ1v) is 17.5. The number of nitrogens with zero attached hydrogens (tertiary/aromatic N) is 4. The molecule has 4 aliphatic rings. The van der Waals surface area contributed by atoms with Crippen molar-refractivity contribution < 1.29 is 9.57 Å². The van der Waals surface area contributed by atoms with Gasteiger partial charge >= 0.3 is 0 Å². The van der Waals surface area contributed by atoms with Gasteiger partial charge < -0.3 is 24.7 Å². The van der Waals surface area contributed by atoms with E-state index in [1.807, 2.05) is 0 Å². The van der Waals surface area contributed by atoms with Gasteiger partial charge in [0.2, 0.25) is 0 Å². The lowest BCUT2D eigenvalue weighted by molar-refractivity contribution is 0.0510. The van der Waals surface area contributed by atoms with Gasteiger partial charge in [0.05, 0.1) is 24.0 Å². The maximum atomic E-state index is 6.06. The van der Waals surface area contributed by atoms with Crippen molar-refractivity contribution in [3.63, 3.8) is 0 Å². The summed E-state index contributed by atoms with van der Waals surface area (Å²) >= 11 is 0. The van der Waals surface area contributed by atoms with E-state index in [2.05, 4.69) is 120 Å². The van der Waals surface area contributed by atoms with Gasteiger partial charge in [-0.2, -0.15) is 0 Å². The number of hydrogen-bond acceptors (Lipinski definition) is 7. The molecule has 7 heteroatoms. The second kappa shape index (κ2) is 15.3. The van der Waals surface area contributed by atoms with Crippen molar-refractivity contribution in [2.75, 3.05) is 60.9 Å². The van der Waals surface area contributed by atoms with E-state index in [-0.39, 0.29) is 12.2 Å². The first kappa shape index (κ1) is 32.2. The van der Waals surface area contributed by atoms with E-state index in [4.69, 9.17) is 9.57 Å². The fourth-order valence-electron chi connectivity index (χ4n) is 6.79. The maximum Gasteiger partial charge on any atom is 0.145 e. The normalized spacial score (nSPS) is 19.6. The van der Waals surface area contributed by atoms with Crippen molar-refractivity contribution in [3.8, 4) is 5.75 Å². The molecule has 1 N–H and O–H groups in total. The van der Waals surface area contributed by atoms with Gasteiger partial charge in [0.1, 0.15) is 11.9 Å². The van der Waals surface area contributed by atoms with E-state index in [1.165, 1.54) is 47.3 Å². The zero-order chi connectivity index (χ0) is 31.9. The van der Waals surface area contributed by atoms with Crippen molar-refractivity contribution in [3.05, 3.63) is 83.4 Å². The topological polar surface area (TPSA) is 52.6 Å². The minimum atomic E-state index is 0.137. The molecule has 0 aromatic heterocycles. The van der Waals surface area contributed by atoms with Gasteiger partial charge in [-0.1, -0.05) is 79.4 Å². The van der Waals surface area contributed by atoms with Crippen LogP contribution in [-0.2, 0) is 17.8 Å². The van der Waals surface area contributed by atoms with Gasteiger partial charge in [0.15, 0.2) is 0 Å². The van der Waals surface area contributed by atoms with Crippen molar-refractivity contribution in [1.29, 1.82) is 0 Å². The van der Waals surface area contributed by atoms with Crippen LogP contribution in [0.4, 0.5) is 17.1 Å². The predicted molar refractivity (Wildman–Crippen MR) is 192 cm³/mol. The molecule has 1 aliphatic carbocycles. The summed E-state index contributed by atoms with van der Waals surface area (Å²) in [6, 6.07) is 23.9. The van der Waals surface area contributed by atoms with Crippen LogP contribution in [0.2, 0.25) is 0 Å². The number of piperazine rings is 1. The Morgan fingerprint density at radius 2 is 1.74 bits per heavy atom. The predicted octanol–water partition coefficient (Wildman–Crippen LogP) is 7.53. The number of ether oxygens (including phenoxy) is 1. The zero-order valence-corrected chi connectivity index (χ0v) is 28.4. The molecular formula is C39H53N5O2. The van der Waals surface area contributed by atoms with E-state index in [1.54, 1.807) is 0 Å². The van der Waals surface area contributed by atoms with Crippen molar-refractivity contribution in [2.24, 2.45) is 11.1 Å². The number of nitrogens with one attached hydrogen (secondary N) is 1. The number of aryl methyl sites for hydroxylation is 1. The quantitative estimate of drug-likeness (QED) is 0.252. The molecule has 3 aromatic carbocycles. The molecule has 1 unspecified atom stereocenters. The molecule has 0 radical (unpaired) electrons. The summed E-state index contributed by atoms with van der Waals surface area (Å²) in [4.78, 5) is 13.4. The Morgan fingerprint density at radius 3 is 2.48 bits per heavy atom. The number of benzene rings is 3. The maximum absolute atomic E-state index is 6.06. The molecule has 1 saturated carbocycles. The molecule has 0 bridgehead atoms. The zero-order valence-electron chi connectivity index (χ0n) is 28.4. The fraction of sp³-hybridized carbons (Fsp3) is 0.513. The molecule has 246 valence electrons. The Balaban J connectivity index is 0.000000679. The Bertz CT molecular complexity index is 1460. The van der Waals surface area contributed by atoms with E-state index in [0.717, 1.165) is 88.3 Å². The standard InChI is InChI=1S/C34H43N5O2.C5H10/c1-25(2)40-34-10-5-4-9-32(34)38-17-15-37(16-18-38)24-31-20-30(36-41-31)23-39-14-13-28-11-12-29(21-33(28)39)35-22-27-8-6-7-26(3)19-27;1-5-3-2-4-5/h4-12,19,21,25,31,35H,13-18,20,22-24H2,1-3H3;5H,2-4H2,1H3. The molecule has 7 nitrogen and oxygen atoms in total. The second-order valence-corrected chi connectivity index (χ2v) is 13.9. The largest absolute Gasteiger partial charge is 0.489 e. The number of fused-ring (bicyclic) bond motifs is 1. The Morgan fingerprint density at radius 1 is 0.935 bits per heavy atom. The third-order valence-electron chi connectivity index (χ3n) is 9.62. The minimum absolute atomic E-state index is 0.137. The summed E-state index contributed by atoms with van der Waals surface area (Å²) in [5, 5.41) is 8.14. The van der Waals surface area contributed by atoms with Gasteiger partial charge in [-0.3, -0.25) is 4.90 Å². The lowest BCUT2D eigenvalue weighted by Crippen LogP contribution is -2.48. The summed E-state index contributed by atoms with van der Waals surface area (Å²) in [6.07, 6.45) is 6.75. The molecule has 7 rings (SSSR count). The first-order valence-electron chi connectivity index (χ1n) is 17.5. The molecule has 3 aliphatic heterocycles. The monoisotopic (exact) mass is 623 g/mol. The summed E-state index contributed by atoms with van der Waals surface area (Å²) in [7, 11) is 0. The van der Waals surface area contributed by atoms with E-state index in [0.29, 0.717) is 0 Å². The number of anilines is 3. The second-order valence-electron chi connectivity index (χ2n) is 13.9. The van der Waals surface area contributed by atoms with Gasteiger partial charge in [-0.25, -0.2) is 0 Å². The van der Waals surface area contributed by atoms with Gasteiger partial charge in [-0.05, 0) is 68.5 Å². The SMILES string of the molecule is CC1CCC1.Cc1cccc(CNc2ccc3c(c2)N(CC2=NOC(CN4CCN(c5ccccc5OC(C)C)CC4)C2)CC3)c1. The van der Waals surface area contributed by atoms with Crippen LogP contribution in [0.1, 0.15) is 63.1 Å². The summed E-state index contributed by atoms with van der Waals surface area (Å²) in [5.74, 6) is 2.04. The number of hydrogen-bond donors (Lipinski definition) is 1. The van der Waals surface area contributed by atoms with Crippen molar-refractivity contribution in [1.82, 2.24) is 4.90 Å². The smallest absolute Gasteiger partial charge is 0.145 e. The summed E-state index contributed by atoms with van der Waals surface area (Å²) < 4.78 is 6.06. The fourth-order valence-corrected chi connectivity index (χ4v) is 6.79. The highest BCUT2D eigenvalue weighted by Gasteiger charge is 2.29. The molecule has 1 atom stereocenters. The highest BCUT2D eigenvalue weighted by atomic mass is 16.6. The molecule has 0 spiro atoms. The Kier molecular flexibility index (Phi) is 10.7. The highest BCUT2D eigenvalue weighted by Crippen LogP contribution is 2.32. The first-order chi connectivity index (χ1) is 22.4. The van der Waals surface area contributed by atoms with Crippen LogP contribution in [0.3, 0.4) is 0 Å². The third-order valence-corrected chi connectivity index (χ3v) is 9.62. The van der Waals surface area contributed by atoms with Gasteiger partial charge in [0, 0.05) is 63.6 Å². The minimum Gasteiger partial charge on any atom is -0.489 e. The molecular weight excluding hydrogens is 570 g/mol. The average molecular weight is 624 g/mol. The van der Waals surface area contributed by atoms with Crippen LogP contribution in [0.25, 0.3) is 0 Å². The number of oxime groups is 1. The van der Waals surface area contributed by atoms with Gasteiger partial charge in [-0.15, -0.1) is 0 Å². The molecule has 3 aromatic rings. The lowest BCUT2D eigenvalue weighted by atomic mass is 9.88. The average Bonchev–Trinajstić information content (AvgIpc) is 3.66.